The Hall–Kier alpha value is -0.670. The van der Waals surface area contributed by atoms with Gasteiger partial charge in [0.1, 0.15) is 5.75 Å². The summed E-state index contributed by atoms with van der Waals surface area (Å²) in [5, 5.41) is 0.842. The summed E-state index contributed by atoms with van der Waals surface area (Å²) < 4.78 is 5.64. The Morgan fingerprint density at radius 2 is 1.84 bits per heavy atom. The fourth-order valence-corrected chi connectivity index (χ4v) is 3.80. The SMILES string of the molecule is CC(C)Oc1ccc(C(N)CSC2CCCC2)cc1. The molecule has 0 saturated heterocycles. The highest BCUT2D eigenvalue weighted by Crippen LogP contribution is 2.31. The number of benzene rings is 1. The van der Waals surface area contributed by atoms with E-state index in [0.29, 0.717) is 0 Å². The molecule has 1 saturated carbocycles. The maximum Gasteiger partial charge on any atom is 0.119 e. The third-order valence-corrected chi connectivity index (χ3v) is 4.99. The van der Waals surface area contributed by atoms with Gasteiger partial charge in [0.2, 0.25) is 0 Å². The Labute approximate surface area is 121 Å². The third-order valence-electron chi connectivity index (χ3n) is 3.49. The van der Waals surface area contributed by atoms with Crippen molar-refractivity contribution in [2.75, 3.05) is 5.75 Å². The molecule has 0 aliphatic heterocycles. The molecule has 1 atom stereocenters. The van der Waals surface area contributed by atoms with Gasteiger partial charge in [-0.25, -0.2) is 0 Å². The van der Waals surface area contributed by atoms with E-state index < -0.39 is 0 Å². The smallest absolute Gasteiger partial charge is 0.119 e. The van der Waals surface area contributed by atoms with Crippen LogP contribution in [0.3, 0.4) is 0 Å². The van der Waals surface area contributed by atoms with Crippen LogP contribution in [0.5, 0.6) is 5.75 Å². The highest BCUT2D eigenvalue weighted by molar-refractivity contribution is 7.99. The predicted molar refractivity (Wildman–Crippen MR) is 83.8 cm³/mol. The first-order chi connectivity index (χ1) is 9.15. The minimum atomic E-state index is 0.138. The molecule has 1 unspecified atom stereocenters. The van der Waals surface area contributed by atoms with E-state index in [0.717, 1.165) is 16.8 Å². The van der Waals surface area contributed by atoms with Gasteiger partial charge in [-0.15, -0.1) is 0 Å². The van der Waals surface area contributed by atoms with Crippen molar-refractivity contribution in [3.63, 3.8) is 0 Å². The van der Waals surface area contributed by atoms with Gasteiger partial charge < -0.3 is 10.5 Å². The van der Waals surface area contributed by atoms with Crippen molar-refractivity contribution in [1.82, 2.24) is 0 Å². The second-order valence-corrected chi connectivity index (χ2v) is 6.92. The van der Waals surface area contributed by atoms with E-state index in [1.807, 2.05) is 37.7 Å². The summed E-state index contributed by atoms with van der Waals surface area (Å²) in [6, 6.07) is 8.37. The van der Waals surface area contributed by atoms with Crippen molar-refractivity contribution in [2.24, 2.45) is 5.73 Å². The highest BCUT2D eigenvalue weighted by atomic mass is 32.2. The zero-order chi connectivity index (χ0) is 13.7. The summed E-state index contributed by atoms with van der Waals surface area (Å²) in [5.74, 6) is 1.95. The molecule has 106 valence electrons. The Bertz CT molecular complexity index is 371. The number of nitrogens with two attached hydrogens (primary N) is 1. The second kappa shape index (κ2) is 7.20. The van der Waals surface area contributed by atoms with Crippen LogP contribution in [-0.2, 0) is 0 Å². The molecule has 1 fully saturated rings. The lowest BCUT2D eigenvalue weighted by Gasteiger charge is -2.16. The van der Waals surface area contributed by atoms with Gasteiger partial charge in [0, 0.05) is 17.0 Å². The van der Waals surface area contributed by atoms with E-state index in [1.54, 1.807) is 0 Å². The van der Waals surface area contributed by atoms with E-state index in [9.17, 15) is 0 Å². The molecule has 0 radical (unpaired) electrons. The molecule has 0 heterocycles. The number of thioether (sulfide) groups is 1. The van der Waals surface area contributed by atoms with Gasteiger partial charge in [-0.2, -0.15) is 11.8 Å². The van der Waals surface area contributed by atoms with Crippen molar-refractivity contribution in [1.29, 1.82) is 0 Å². The lowest BCUT2D eigenvalue weighted by atomic mass is 10.1. The summed E-state index contributed by atoms with van der Waals surface area (Å²) in [7, 11) is 0. The lowest BCUT2D eigenvalue weighted by molar-refractivity contribution is 0.242. The van der Waals surface area contributed by atoms with Crippen LogP contribution in [0.25, 0.3) is 0 Å². The van der Waals surface area contributed by atoms with Crippen molar-refractivity contribution < 1.29 is 4.74 Å². The molecule has 0 amide bonds. The van der Waals surface area contributed by atoms with Gasteiger partial charge >= 0.3 is 0 Å². The van der Waals surface area contributed by atoms with Gasteiger partial charge in [-0.3, -0.25) is 0 Å². The van der Waals surface area contributed by atoms with Crippen LogP contribution >= 0.6 is 11.8 Å². The average Bonchev–Trinajstić information content (AvgIpc) is 2.89. The number of rotatable bonds is 6. The van der Waals surface area contributed by atoms with Crippen LogP contribution in [0.15, 0.2) is 24.3 Å². The molecule has 2 rings (SSSR count). The van der Waals surface area contributed by atoms with E-state index in [1.165, 1.54) is 31.2 Å². The van der Waals surface area contributed by atoms with E-state index in [2.05, 4.69) is 12.1 Å². The molecule has 19 heavy (non-hydrogen) atoms. The second-order valence-electron chi connectivity index (χ2n) is 5.58. The third kappa shape index (κ3) is 4.73. The monoisotopic (exact) mass is 279 g/mol. The van der Waals surface area contributed by atoms with Crippen molar-refractivity contribution in [3.8, 4) is 5.75 Å². The largest absolute Gasteiger partial charge is 0.491 e. The minimum Gasteiger partial charge on any atom is -0.491 e. The zero-order valence-electron chi connectivity index (χ0n) is 12.0. The number of ether oxygens (including phenoxy) is 1. The molecular formula is C16H25NOS. The standard InChI is InChI=1S/C16H25NOS/c1-12(2)18-14-9-7-13(8-10-14)16(17)11-19-15-5-3-4-6-15/h7-10,12,15-16H,3-6,11,17H2,1-2H3. The van der Waals surface area contributed by atoms with Gasteiger partial charge in [-0.05, 0) is 44.4 Å². The highest BCUT2D eigenvalue weighted by Gasteiger charge is 2.17. The first-order valence-corrected chi connectivity index (χ1v) is 8.34. The maximum absolute atomic E-state index is 6.26. The maximum atomic E-state index is 6.26. The molecule has 3 heteroatoms. The van der Waals surface area contributed by atoms with E-state index in [-0.39, 0.29) is 12.1 Å². The first-order valence-electron chi connectivity index (χ1n) is 7.29. The number of hydrogen-bond acceptors (Lipinski definition) is 3. The van der Waals surface area contributed by atoms with Gasteiger partial charge in [0.25, 0.3) is 0 Å². The molecule has 0 spiro atoms. The summed E-state index contributed by atoms with van der Waals surface area (Å²) in [6.45, 7) is 4.08. The molecule has 0 bridgehead atoms. The Morgan fingerprint density at radius 1 is 1.21 bits per heavy atom. The first kappa shape index (κ1) is 14.7. The van der Waals surface area contributed by atoms with Crippen LogP contribution in [0.4, 0.5) is 0 Å². The van der Waals surface area contributed by atoms with Crippen LogP contribution in [0.1, 0.15) is 51.1 Å². The molecule has 2 nitrogen and oxygen atoms in total. The molecule has 1 aromatic carbocycles. The van der Waals surface area contributed by atoms with Crippen molar-refractivity contribution >= 4 is 11.8 Å². The summed E-state index contributed by atoms with van der Waals surface area (Å²) in [6.07, 6.45) is 5.76. The fraction of sp³-hybridized carbons (Fsp3) is 0.625. The summed E-state index contributed by atoms with van der Waals surface area (Å²) in [4.78, 5) is 0. The lowest BCUT2D eigenvalue weighted by Crippen LogP contribution is -2.15. The molecule has 0 aromatic heterocycles. The van der Waals surface area contributed by atoms with Crippen molar-refractivity contribution in [3.05, 3.63) is 29.8 Å². The van der Waals surface area contributed by atoms with Gasteiger partial charge in [0.05, 0.1) is 6.10 Å². The topological polar surface area (TPSA) is 35.2 Å². The molecule has 1 aromatic rings. The molecule has 2 N–H and O–H groups in total. The van der Waals surface area contributed by atoms with Crippen LogP contribution in [-0.4, -0.2) is 17.1 Å². The minimum absolute atomic E-state index is 0.138. The quantitative estimate of drug-likeness (QED) is 0.849. The predicted octanol–water partition coefficient (Wildman–Crippen LogP) is 4.15. The van der Waals surface area contributed by atoms with Gasteiger partial charge in [0.15, 0.2) is 0 Å². The molecular weight excluding hydrogens is 254 g/mol. The normalized spacial score (nSPS) is 17.9. The molecule has 1 aliphatic rings. The van der Waals surface area contributed by atoms with Crippen LogP contribution in [0.2, 0.25) is 0 Å². The summed E-state index contributed by atoms with van der Waals surface area (Å²) >= 11 is 2.05. The Morgan fingerprint density at radius 3 is 2.42 bits per heavy atom. The Kier molecular flexibility index (Phi) is 5.59. The van der Waals surface area contributed by atoms with Crippen molar-refractivity contribution in [2.45, 2.75) is 56.9 Å². The van der Waals surface area contributed by atoms with E-state index in [4.69, 9.17) is 10.5 Å². The number of hydrogen-bond donors (Lipinski definition) is 1. The molecule has 1 aliphatic carbocycles. The van der Waals surface area contributed by atoms with Gasteiger partial charge in [-0.1, -0.05) is 25.0 Å². The average molecular weight is 279 g/mol. The van der Waals surface area contributed by atoms with E-state index >= 15 is 0 Å². The fourth-order valence-electron chi connectivity index (χ4n) is 2.46. The summed E-state index contributed by atoms with van der Waals surface area (Å²) in [5.41, 5.74) is 7.47. The van der Waals surface area contributed by atoms with Crippen LogP contribution < -0.4 is 10.5 Å². The zero-order valence-corrected chi connectivity index (χ0v) is 12.8. The van der Waals surface area contributed by atoms with Crippen LogP contribution in [0, 0.1) is 0 Å². The Balaban J connectivity index is 1.82.